The van der Waals surface area contributed by atoms with Crippen LogP contribution < -0.4 is 0 Å². The van der Waals surface area contributed by atoms with Crippen molar-refractivity contribution >= 4 is 23.5 Å². The molecule has 0 bridgehead atoms. The summed E-state index contributed by atoms with van der Waals surface area (Å²) in [5.74, 6) is -0.0310. The maximum Gasteiger partial charge on any atom is 0.490 e. The Labute approximate surface area is 118 Å². The summed E-state index contributed by atoms with van der Waals surface area (Å²) in [6.45, 7) is 0.823. The molecule has 1 aliphatic rings. The van der Waals surface area contributed by atoms with Gasteiger partial charge in [0.2, 0.25) is 0 Å². The van der Waals surface area contributed by atoms with Gasteiger partial charge < -0.3 is 29.4 Å². The lowest BCUT2D eigenvalue weighted by Gasteiger charge is -2.16. The van der Waals surface area contributed by atoms with Crippen LogP contribution in [0.3, 0.4) is 0 Å². The molecule has 0 amide bonds. The maximum absolute atomic E-state index is 11.3. The topological polar surface area (TPSA) is 189 Å². The molecule has 15 heteroatoms. The molecule has 1 heterocycles. The van der Waals surface area contributed by atoms with Crippen LogP contribution in [-0.2, 0) is 31.6 Å². The Balaban J connectivity index is 2.58. The number of phosphoric acid groups is 3. The van der Waals surface area contributed by atoms with Gasteiger partial charge in [0.15, 0.2) is 0 Å². The summed E-state index contributed by atoms with van der Waals surface area (Å²) >= 11 is 0. The average molecular weight is 370 g/mol. The maximum atomic E-state index is 11.3. The van der Waals surface area contributed by atoms with Crippen molar-refractivity contribution in [2.45, 2.75) is 19.1 Å². The van der Waals surface area contributed by atoms with Crippen molar-refractivity contribution in [3.63, 3.8) is 0 Å². The van der Waals surface area contributed by atoms with E-state index in [1.807, 2.05) is 0 Å². The van der Waals surface area contributed by atoms with Crippen molar-refractivity contribution in [2.24, 2.45) is 0 Å². The molecule has 0 spiro atoms. The zero-order chi connectivity index (χ0) is 16.5. The van der Waals surface area contributed by atoms with E-state index in [0.29, 0.717) is 0 Å². The van der Waals surface area contributed by atoms with Gasteiger partial charge in [-0.15, -0.1) is 0 Å². The Morgan fingerprint density at radius 2 is 1.71 bits per heavy atom. The van der Waals surface area contributed by atoms with Crippen LogP contribution in [0.15, 0.2) is 11.8 Å². The molecule has 124 valence electrons. The quantitative estimate of drug-likeness (QED) is 0.378. The van der Waals surface area contributed by atoms with Gasteiger partial charge in [0.25, 0.3) is 0 Å². The standard InChI is InChI=1S/C6H13O12P3/c1-4-6(7)2-5(16-4)3-15-20(11,12)18-21(13,14)17-19(8,9)10/h2,4,6-7H,3H2,1H3,(H,11,12)(H,13,14)(H2,8,9,10)/t4?,6-/m1/s1. The molecule has 0 aliphatic carbocycles. The van der Waals surface area contributed by atoms with E-state index in [-0.39, 0.29) is 5.76 Å². The fourth-order valence-corrected chi connectivity index (χ4v) is 4.19. The molecule has 5 N–H and O–H groups in total. The highest BCUT2D eigenvalue weighted by atomic mass is 31.3. The first kappa shape index (κ1) is 19.0. The Hall–Kier alpha value is -0.0900. The fourth-order valence-electron chi connectivity index (χ4n) is 1.20. The van der Waals surface area contributed by atoms with Gasteiger partial charge in [0.05, 0.1) is 0 Å². The van der Waals surface area contributed by atoms with Gasteiger partial charge in [-0.1, -0.05) is 0 Å². The second kappa shape index (κ2) is 6.57. The molecule has 4 atom stereocenters. The molecular weight excluding hydrogens is 357 g/mol. The molecule has 1 rings (SSSR count). The van der Waals surface area contributed by atoms with E-state index in [1.54, 1.807) is 0 Å². The van der Waals surface area contributed by atoms with Crippen LogP contribution in [0, 0.1) is 0 Å². The van der Waals surface area contributed by atoms with Crippen LogP contribution in [-0.4, -0.2) is 43.5 Å². The molecule has 0 radical (unpaired) electrons. The van der Waals surface area contributed by atoms with E-state index >= 15 is 0 Å². The predicted molar refractivity (Wildman–Crippen MR) is 64.5 cm³/mol. The van der Waals surface area contributed by atoms with Gasteiger partial charge in [-0.3, -0.25) is 4.52 Å². The molecule has 1 aliphatic heterocycles. The number of phosphoric ester groups is 1. The molecule has 21 heavy (non-hydrogen) atoms. The lowest BCUT2D eigenvalue weighted by atomic mass is 10.2. The summed E-state index contributed by atoms with van der Waals surface area (Å²) in [6, 6.07) is 0. The highest BCUT2D eigenvalue weighted by Gasteiger charge is 2.41. The second-order valence-corrected chi connectivity index (χ2v) is 8.23. The number of ether oxygens (including phenoxy) is 1. The summed E-state index contributed by atoms with van der Waals surface area (Å²) in [4.78, 5) is 34.7. The number of aliphatic hydroxyl groups is 1. The lowest BCUT2D eigenvalue weighted by Crippen LogP contribution is -2.16. The van der Waals surface area contributed by atoms with Crippen molar-refractivity contribution in [2.75, 3.05) is 6.61 Å². The van der Waals surface area contributed by atoms with Crippen LogP contribution in [0.25, 0.3) is 0 Å². The molecule has 0 aromatic rings. The van der Waals surface area contributed by atoms with Gasteiger partial charge in [0, 0.05) is 0 Å². The first-order valence-corrected chi connectivity index (χ1v) is 9.65. The molecule has 0 saturated heterocycles. The van der Waals surface area contributed by atoms with Crippen molar-refractivity contribution in [1.82, 2.24) is 0 Å². The average Bonchev–Trinajstić information content (AvgIpc) is 2.50. The summed E-state index contributed by atoms with van der Waals surface area (Å²) in [5.41, 5.74) is 0. The summed E-state index contributed by atoms with van der Waals surface area (Å²) in [6.07, 6.45) is -0.385. The second-order valence-electron chi connectivity index (χ2n) is 3.81. The van der Waals surface area contributed by atoms with Gasteiger partial charge in [-0.2, -0.15) is 8.62 Å². The molecule has 3 unspecified atom stereocenters. The highest BCUT2D eigenvalue weighted by molar-refractivity contribution is 7.66. The highest BCUT2D eigenvalue weighted by Crippen LogP contribution is 2.66. The van der Waals surface area contributed by atoms with Crippen LogP contribution >= 0.6 is 23.5 Å². The smallest absolute Gasteiger partial charge is 0.490 e. The lowest BCUT2D eigenvalue weighted by molar-refractivity contribution is 0.0529. The molecule has 0 saturated carbocycles. The molecule has 0 aromatic heterocycles. The van der Waals surface area contributed by atoms with Crippen molar-refractivity contribution < 1.29 is 56.3 Å². The van der Waals surface area contributed by atoms with Gasteiger partial charge >= 0.3 is 23.5 Å². The van der Waals surface area contributed by atoms with Crippen molar-refractivity contribution in [3.8, 4) is 0 Å². The van der Waals surface area contributed by atoms with Gasteiger partial charge in [-0.25, -0.2) is 13.7 Å². The fraction of sp³-hybridized carbons (Fsp3) is 0.667. The monoisotopic (exact) mass is 370 g/mol. The normalized spacial score (nSPS) is 28.4. The molecule has 0 aromatic carbocycles. The zero-order valence-corrected chi connectivity index (χ0v) is 13.1. The van der Waals surface area contributed by atoms with Crippen molar-refractivity contribution in [1.29, 1.82) is 0 Å². The van der Waals surface area contributed by atoms with E-state index in [1.165, 1.54) is 13.0 Å². The minimum absolute atomic E-state index is 0.0310. The van der Waals surface area contributed by atoms with Crippen LogP contribution in [0.4, 0.5) is 0 Å². The number of hydrogen-bond donors (Lipinski definition) is 5. The minimum atomic E-state index is -5.53. The third-order valence-electron chi connectivity index (χ3n) is 1.96. The van der Waals surface area contributed by atoms with E-state index in [0.717, 1.165) is 0 Å². The Kier molecular flexibility index (Phi) is 5.93. The first-order chi connectivity index (χ1) is 9.30. The van der Waals surface area contributed by atoms with Crippen molar-refractivity contribution in [3.05, 3.63) is 11.8 Å². The zero-order valence-electron chi connectivity index (χ0n) is 10.4. The minimum Gasteiger partial charge on any atom is -0.490 e. The summed E-state index contributed by atoms with van der Waals surface area (Å²) in [5, 5.41) is 9.30. The van der Waals surface area contributed by atoms with Crippen LogP contribution in [0.5, 0.6) is 0 Å². The van der Waals surface area contributed by atoms with Gasteiger partial charge in [0.1, 0.15) is 24.6 Å². The van der Waals surface area contributed by atoms with E-state index in [9.17, 15) is 18.8 Å². The third-order valence-corrected chi connectivity index (χ3v) is 5.74. The number of hydrogen-bond acceptors (Lipinski definition) is 8. The first-order valence-electron chi connectivity index (χ1n) is 5.13. The Morgan fingerprint density at radius 3 is 2.14 bits per heavy atom. The van der Waals surface area contributed by atoms with E-state index in [4.69, 9.17) is 24.3 Å². The Bertz CT molecular complexity index is 549. The molecule has 0 fully saturated rings. The van der Waals surface area contributed by atoms with Crippen LogP contribution in [0.1, 0.15) is 6.92 Å². The third kappa shape index (κ3) is 7.14. The van der Waals surface area contributed by atoms with E-state index < -0.39 is 42.3 Å². The predicted octanol–water partition coefficient (Wildman–Crippen LogP) is -0.00680. The van der Waals surface area contributed by atoms with Crippen LogP contribution in [0.2, 0.25) is 0 Å². The van der Waals surface area contributed by atoms with Gasteiger partial charge in [-0.05, 0) is 13.0 Å². The molecule has 12 nitrogen and oxygen atoms in total. The number of rotatable bonds is 7. The number of aliphatic hydroxyl groups excluding tert-OH is 1. The SMILES string of the molecule is CC1OC(COP(=O)(O)OP(=O)(O)OP(=O)(O)O)=C[C@H]1O. The summed E-state index contributed by atoms with van der Waals surface area (Å²) in [7, 11) is -16.1. The largest absolute Gasteiger partial charge is 0.490 e. The Morgan fingerprint density at radius 1 is 1.14 bits per heavy atom. The van der Waals surface area contributed by atoms with E-state index in [2.05, 4.69) is 13.1 Å². The molecular formula is C6H13O12P3. The summed E-state index contributed by atoms with van der Waals surface area (Å²) < 4.78 is 49.0.